The van der Waals surface area contributed by atoms with Gasteiger partial charge in [-0.1, -0.05) is 0 Å². The lowest BCUT2D eigenvalue weighted by atomic mass is 9.79. The maximum Gasteiger partial charge on any atom is 0.497 e. The summed E-state index contributed by atoms with van der Waals surface area (Å²) in [7, 11) is -0.616. The molecule has 1 fully saturated rings. The third-order valence-corrected chi connectivity index (χ3v) is 4.78. The number of hydrogen-bond acceptors (Lipinski definition) is 7. The van der Waals surface area contributed by atoms with E-state index in [0.717, 1.165) is 0 Å². The minimum absolute atomic E-state index is 0.357. The van der Waals surface area contributed by atoms with Crippen LogP contribution < -0.4 is 5.32 Å². The van der Waals surface area contributed by atoms with E-state index in [1.165, 1.54) is 11.1 Å². The van der Waals surface area contributed by atoms with Crippen LogP contribution in [0.3, 0.4) is 0 Å². The topological polar surface area (TPSA) is 93.1 Å². The molecule has 9 heteroatoms. The smallest absolute Gasteiger partial charge is 0.493 e. The summed E-state index contributed by atoms with van der Waals surface area (Å²) in [6.07, 6.45) is 4.11. The highest BCUT2D eigenvalue weighted by Gasteiger charge is 2.52. The van der Waals surface area contributed by atoms with E-state index in [1.807, 2.05) is 48.5 Å². The van der Waals surface area contributed by atoms with Gasteiger partial charge < -0.3 is 29.5 Å². The van der Waals surface area contributed by atoms with Gasteiger partial charge in [-0.25, -0.2) is 4.79 Å². The third kappa shape index (κ3) is 5.51. The van der Waals surface area contributed by atoms with Crippen LogP contribution in [0.1, 0.15) is 48.5 Å². The number of amides is 1. The summed E-state index contributed by atoms with van der Waals surface area (Å²) in [6.45, 7) is 14.5. The molecule has 0 bridgehead atoms. The summed E-state index contributed by atoms with van der Waals surface area (Å²) in [5, 5.41) is 10.8. The molecule has 0 aromatic heterocycles. The second-order valence-electron chi connectivity index (χ2n) is 8.88. The summed E-state index contributed by atoms with van der Waals surface area (Å²) >= 11 is 0. The van der Waals surface area contributed by atoms with Crippen molar-refractivity contribution >= 4 is 19.4 Å². The lowest BCUT2D eigenvalue weighted by Crippen LogP contribution is -2.41. The Balaban J connectivity index is 1.97. The summed E-state index contributed by atoms with van der Waals surface area (Å²) in [5.41, 5.74) is -0.920. The van der Waals surface area contributed by atoms with Gasteiger partial charge in [-0.05, 0) is 54.7 Å². The van der Waals surface area contributed by atoms with Gasteiger partial charge in [0.2, 0.25) is 0 Å². The summed E-state index contributed by atoms with van der Waals surface area (Å²) in [4.78, 5) is 13.7. The van der Waals surface area contributed by atoms with E-state index < -0.39 is 30.0 Å². The largest absolute Gasteiger partial charge is 0.497 e. The SMILES string of the molecule is CC(C)(C)OC(=O)N1C=C(CN/C=C(\C=N)B2OC(C)(C)C(C)(C)O2)OCC1. The fourth-order valence-corrected chi connectivity index (χ4v) is 2.54. The Labute approximate surface area is 167 Å². The van der Waals surface area contributed by atoms with E-state index in [9.17, 15) is 4.79 Å². The fourth-order valence-electron chi connectivity index (χ4n) is 2.54. The van der Waals surface area contributed by atoms with Crippen molar-refractivity contribution in [3.05, 3.63) is 23.6 Å². The number of carbonyl (C=O) groups excluding carboxylic acids is 1. The molecule has 0 atom stereocenters. The van der Waals surface area contributed by atoms with Crippen molar-refractivity contribution in [3.63, 3.8) is 0 Å². The Bertz CT molecular complexity index is 651. The van der Waals surface area contributed by atoms with E-state index in [1.54, 1.807) is 12.4 Å². The molecule has 0 aromatic rings. The van der Waals surface area contributed by atoms with Crippen LogP contribution in [0.5, 0.6) is 0 Å². The molecule has 2 rings (SSSR count). The minimum Gasteiger partial charge on any atom is -0.493 e. The van der Waals surface area contributed by atoms with Gasteiger partial charge in [-0.3, -0.25) is 4.90 Å². The molecule has 2 N–H and O–H groups in total. The van der Waals surface area contributed by atoms with Crippen LogP contribution in [-0.2, 0) is 18.8 Å². The van der Waals surface area contributed by atoms with Crippen LogP contribution in [0.4, 0.5) is 4.79 Å². The zero-order valence-corrected chi connectivity index (χ0v) is 17.9. The van der Waals surface area contributed by atoms with Gasteiger partial charge in [0.1, 0.15) is 18.0 Å². The number of nitrogens with one attached hydrogen (secondary N) is 2. The molecule has 28 heavy (non-hydrogen) atoms. The summed E-state index contributed by atoms with van der Waals surface area (Å²) < 4.78 is 22.9. The van der Waals surface area contributed by atoms with Crippen molar-refractivity contribution in [3.8, 4) is 0 Å². The van der Waals surface area contributed by atoms with Crippen LogP contribution >= 0.6 is 0 Å². The molecular weight excluding hydrogens is 361 g/mol. The molecule has 2 aliphatic rings. The van der Waals surface area contributed by atoms with Crippen LogP contribution in [-0.4, -0.2) is 60.8 Å². The van der Waals surface area contributed by atoms with Gasteiger partial charge in [-0.15, -0.1) is 0 Å². The van der Waals surface area contributed by atoms with E-state index in [0.29, 0.717) is 30.9 Å². The van der Waals surface area contributed by atoms with Gasteiger partial charge in [-0.2, -0.15) is 0 Å². The predicted octanol–water partition coefficient (Wildman–Crippen LogP) is 2.85. The Hall–Kier alpha value is -2.00. The lowest BCUT2D eigenvalue weighted by Gasteiger charge is -2.32. The molecule has 0 spiro atoms. The maximum atomic E-state index is 12.2. The monoisotopic (exact) mass is 393 g/mol. The molecule has 0 radical (unpaired) electrons. The molecule has 2 heterocycles. The number of allylic oxidation sites excluding steroid dienone is 1. The van der Waals surface area contributed by atoms with Crippen molar-refractivity contribution in [1.82, 2.24) is 10.2 Å². The lowest BCUT2D eigenvalue weighted by molar-refractivity contribution is 0.00578. The first-order chi connectivity index (χ1) is 12.8. The quantitative estimate of drug-likeness (QED) is 0.551. The Morgan fingerprint density at radius 2 is 1.93 bits per heavy atom. The first-order valence-corrected chi connectivity index (χ1v) is 9.47. The molecule has 1 saturated heterocycles. The zero-order chi connectivity index (χ0) is 21.2. The normalized spacial score (nSPS) is 21.7. The molecule has 1 amide bonds. The average Bonchev–Trinajstić information content (AvgIpc) is 2.78. The number of rotatable bonds is 5. The van der Waals surface area contributed by atoms with Crippen molar-refractivity contribution in [1.29, 1.82) is 5.41 Å². The van der Waals surface area contributed by atoms with Gasteiger partial charge in [0.15, 0.2) is 0 Å². The van der Waals surface area contributed by atoms with Gasteiger partial charge >= 0.3 is 13.2 Å². The molecule has 0 saturated carbocycles. The Morgan fingerprint density at radius 1 is 1.32 bits per heavy atom. The van der Waals surface area contributed by atoms with E-state index in [4.69, 9.17) is 24.2 Å². The average molecular weight is 393 g/mol. The van der Waals surface area contributed by atoms with Crippen molar-refractivity contribution in [2.45, 2.75) is 65.3 Å². The first-order valence-electron chi connectivity index (χ1n) is 9.47. The van der Waals surface area contributed by atoms with E-state index >= 15 is 0 Å². The fraction of sp³-hybridized carbons (Fsp3) is 0.684. The van der Waals surface area contributed by atoms with Gasteiger partial charge in [0.05, 0.1) is 30.5 Å². The molecular formula is C19H32BN3O5. The highest BCUT2D eigenvalue weighted by molar-refractivity contribution is 6.60. The van der Waals surface area contributed by atoms with Crippen LogP contribution in [0, 0.1) is 5.41 Å². The molecule has 0 aliphatic carbocycles. The van der Waals surface area contributed by atoms with E-state index in [2.05, 4.69) is 5.32 Å². The Morgan fingerprint density at radius 3 is 2.46 bits per heavy atom. The summed E-state index contributed by atoms with van der Waals surface area (Å²) in [6, 6.07) is 0. The van der Waals surface area contributed by atoms with Crippen LogP contribution in [0.2, 0.25) is 0 Å². The highest BCUT2D eigenvalue weighted by atomic mass is 16.7. The zero-order valence-electron chi connectivity index (χ0n) is 17.9. The van der Waals surface area contributed by atoms with Crippen molar-refractivity contribution < 1.29 is 23.6 Å². The second kappa shape index (κ2) is 8.17. The molecule has 0 unspecified atom stereocenters. The molecule has 156 valence electrons. The van der Waals surface area contributed by atoms with Crippen molar-refractivity contribution in [2.75, 3.05) is 19.7 Å². The third-order valence-electron chi connectivity index (χ3n) is 4.78. The number of ether oxygens (including phenoxy) is 2. The van der Waals surface area contributed by atoms with Crippen LogP contribution in [0.25, 0.3) is 0 Å². The molecule has 2 aliphatic heterocycles. The molecule has 8 nitrogen and oxygen atoms in total. The maximum absolute atomic E-state index is 12.2. The molecule has 0 aromatic carbocycles. The van der Waals surface area contributed by atoms with E-state index in [-0.39, 0.29) is 0 Å². The van der Waals surface area contributed by atoms with Crippen LogP contribution in [0.15, 0.2) is 23.6 Å². The standard InChI is InChI=1S/C19H32BN3O5/c1-17(2,3)26-16(24)23-8-9-25-15(13-23)12-22-11-14(10-21)20-27-18(4,5)19(6,7)28-20/h10-11,13,21-22H,8-9,12H2,1-7H3/b14-11+,21-10?. The number of hydrogen-bond donors (Lipinski definition) is 2. The number of carbonyl (C=O) groups is 1. The van der Waals surface area contributed by atoms with Gasteiger partial charge in [0.25, 0.3) is 0 Å². The summed E-state index contributed by atoms with van der Waals surface area (Å²) in [5.74, 6) is 0.603. The van der Waals surface area contributed by atoms with Crippen molar-refractivity contribution in [2.24, 2.45) is 0 Å². The first kappa shape index (κ1) is 22.3. The minimum atomic E-state index is -0.616. The highest BCUT2D eigenvalue weighted by Crippen LogP contribution is 2.38. The number of nitrogens with zero attached hydrogens (tertiary/aromatic N) is 1. The van der Waals surface area contributed by atoms with Gasteiger partial charge in [0, 0.05) is 11.7 Å². The predicted molar refractivity (Wildman–Crippen MR) is 108 cm³/mol. The Kier molecular flexibility index (Phi) is 6.50. The second-order valence-corrected chi connectivity index (χ2v) is 8.88.